The van der Waals surface area contributed by atoms with E-state index in [4.69, 9.17) is 0 Å². The number of aromatic nitrogens is 1. The van der Waals surface area contributed by atoms with Crippen molar-refractivity contribution in [2.45, 2.75) is 26.7 Å². The predicted molar refractivity (Wildman–Crippen MR) is 104 cm³/mol. The van der Waals surface area contributed by atoms with Crippen molar-refractivity contribution < 1.29 is 4.79 Å². The molecule has 0 unspecified atom stereocenters. The summed E-state index contributed by atoms with van der Waals surface area (Å²) in [4.78, 5) is 16.9. The number of carbonyl (C=O) groups excluding carboxylic acids is 1. The van der Waals surface area contributed by atoms with E-state index in [1.54, 1.807) is 0 Å². The number of carbonyl (C=O) groups is 1. The first kappa shape index (κ1) is 15.6. The quantitative estimate of drug-likeness (QED) is 0.471. The Bertz CT molecular complexity index is 1080. The van der Waals surface area contributed by atoms with E-state index in [0.29, 0.717) is 0 Å². The summed E-state index contributed by atoms with van der Waals surface area (Å²) in [6, 6.07) is 20.3. The van der Waals surface area contributed by atoms with E-state index >= 15 is 0 Å². The van der Waals surface area contributed by atoms with E-state index in [0.717, 1.165) is 51.3 Å². The second-order valence-corrected chi connectivity index (χ2v) is 6.57. The third kappa shape index (κ3) is 2.54. The highest BCUT2D eigenvalue weighted by molar-refractivity contribution is 6.22. The monoisotopic (exact) mass is 327 g/mol. The molecule has 0 aliphatic rings. The maximum atomic E-state index is 13.5. The minimum Gasteiger partial charge on any atom is -0.358 e. The van der Waals surface area contributed by atoms with Crippen LogP contribution in [-0.2, 0) is 6.42 Å². The molecule has 0 fully saturated rings. The molecule has 4 aromatic rings. The fourth-order valence-corrected chi connectivity index (χ4v) is 3.77. The summed E-state index contributed by atoms with van der Waals surface area (Å²) in [6.45, 7) is 4.17. The Morgan fingerprint density at radius 1 is 0.960 bits per heavy atom. The summed E-state index contributed by atoms with van der Waals surface area (Å²) in [5.41, 5.74) is 4.82. The van der Waals surface area contributed by atoms with Crippen molar-refractivity contribution in [3.63, 3.8) is 0 Å². The maximum absolute atomic E-state index is 13.5. The van der Waals surface area contributed by atoms with Crippen LogP contribution < -0.4 is 0 Å². The third-order valence-electron chi connectivity index (χ3n) is 4.88. The van der Waals surface area contributed by atoms with Crippen LogP contribution in [0.2, 0.25) is 0 Å². The van der Waals surface area contributed by atoms with Gasteiger partial charge in [-0.25, -0.2) is 0 Å². The zero-order chi connectivity index (χ0) is 17.4. The number of fused-ring (bicyclic) bond motifs is 2. The summed E-state index contributed by atoms with van der Waals surface area (Å²) in [6.07, 6.45) is 2.04. The topological polar surface area (TPSA) is 32.9 Å². The first-order valence-corrected chi connectivity index (χ1v) is 8.83. The normalized spacial score (nSPS) is 11.3. The third-order valence-corrected chi connectivity index (χ3v) is 4.88. The van der Waals surface area contributed by atoms with Crippen LogP contribution in [0.25, 0.3) is 21.7 Å². The molecule has 4 rings (SSSR count). The standard InChI is InChI=1S/C23H21NO/c1-3-8-17-11-7-14-20-22(17)21(15(2)24-20)23(25)19-13-6-10-16-9-4-5-12-18(16)19/h4-7,9-14,24H,3,8H2,1-2H3. The van der Waals surface area contributed by atoms with Crippen LogP contribution in [0.3, 0.4) is 0 Å². The second-order valence-electron chi connectivity index (χ2n) is 6.57. The number of nitrogens with one attached hydrogen (secondary N) is 1. The summed E-state index contributed by atoms with van der Waals surface area (Å²) in [5, 5.41) is 3.19. The number of aromatic amines is 1. The van der Waals surface area contributed by atoms with Crippen LogP contribution >= 0.6 is 0 Å². The number of H-pyrrole nitrogens is 1. The largest absolute Gasteiger partial charge is 0.358 e. The molecule has 0 atom stereocenters. The summed E-state index contributed by atoms with van der Waals surface area (Å²) < 4.78 is 0. The number of ketones is 1. The lowest BCUT2D eigenvalue weighted by Gasteiger charge is -2.08. The van der Waals surface area contributed by atoms with Gasteiger partial charge >= 0.3 is 0 Å². The zero-order valence-corrected chi connectivity index (χ0v) is 14.6. The van der Waals surface area contributed by atoms with Gasteiger partial charge < -0.3 is 4.98 Å². The molecule has 0 aliphatic heterocycles. The molecule has 25 heavy (non-hydrogen) atoms. The van der Waals surface area contributed by atoms with Crippen molar-refractivity contribution in [1.82, 2.24) is 4.98 Å². The fraction of sp³-hybridized carbons (Fsp3) is 0.174. The Labute approximate surface area is 147 Å². The van der Waals surface area contributed by atoms with Gasteiger partial charge in [0, 0.05) is 22.2 Å². The Morgan fingerprint density at radius 3 is 2.56 bits per heavy atom. The highest BCUT2D eigenvalue weighted by Gasteiger charge is 2.21. The van der Waals surface area contributed by atoms with Gasteiger partial charge in [0.1, 0.15) is 0 Å². The molecule has 0 amide bonds. The van der Waals surface area contributed by atoms with Crippen molar-refractivity contribution >= 4 is 27.5 Å². The Balaban J connectivity index is 1.98. The molecule has 1 heterocycles. The average molecular weight is 327 g/mol. The SMILES string of the molecule is CCCc1cccc2[nH]c(C)c(C(=O)c3cccc4ccccc34)c12. The maximum Gasteiger partial charge on any atom is 0.196 e. The molecule has 0 bridgehead atoms. The van der Waals surface area contributed by atoms with Gasteiger partial charge in [-0.2, -0.15) is 0 Å². The van der Waals surface area contributed by atoms with E-state index in [1.165, 1.54) is 5.56 Å². The van der Waals surface area contributed by atoms with Crippen molar-refractivity contribution in [2.75, 3.05) is 0 Å². The van der Waals surface area contributed by atoms with E-state index < -0.39 is 0 Å². The number of aryl methyl sites for hydroxylation is 2. The predicted octanol–water partition coefficient (Wildman–Crippen LogP) is 5.81. The number of rotatable bonds is 4. The van der Waals surface area contributed by atoms with Crippen LogP contribution in [0.15, 0.2) is 60.7 Å². The number of hydrogen-bond acceptors (Lipinski definition) is 1. The number of hydrogen-bond donors (Lipinski definition) is 1. The molecular weight excluding hydrogens is 306 g/mol. The molecule has 3 aromatic carbocycles. The van der Waals surface area contributed by atoms with Gasteiger partial charge in [0.2, 0.25) is 0 Å². The van der Waals surface area contributed by atoms with Crippen molar-refractivity contribution in [3.05, 3.63) is 83.0 Å². The molecule has 124 valence electrons. The Hall–Kier alpha value is -2.87. The van der Waals surface area contributed by atoms with Gasteiger partial charge in [-0.05, 0) is 35.7 Å². The van der Waals surface area contributed by atoms with Crippen LogP contribution in [0.5, 0.6) is 0 Å². The van der Waals surface area contributed by atoms with Gasteiger partial charge in [-0.1, -0.05) is 67.9 Å². The molecule has 0 radical (unpaired) electrons. The first-order chi connectivity index (χ1) is 12.2. The molecule has 0 saturated heterocycles. The van der Waals surface area contributed by atoms with E-state index in [9.17, 15) is 4.79 Å². The minimum absolute atomic E-state index is 0.101. The Morgan fingerprint density at radius 2 is 1.72 bits per heavy atom. The van der Waals surface area contributed by atoms with Gasteiger partial charge in [-0.15, -0.1) is 0 Å². The van der Waals surface area contributed by atoms with Crippen LogP contribution in [0.1, 0.15) is 40.5 Å². The molecule has 2 heteroatoms. The average Bonchev–Trinajstić information content (AvgIpc) is 2.98. The van der Waals surface area contributed by atoms with Crippen molar-refractivity contribution in [3.8, 4) is 0 Å². The molecule has 0 spiro atoms. The lowest BCUT2D eigenvalue weighted by molar-refractivity contribution is 0.104. The summed E-state index contributed by atoms with van der Waals surface area (Å²) in [5.74, 6) is 0.101. The van der Waals surface area contributed by atoms with Crippen LogP contribution in [0.4, 0.5) is 0 Å². The minimum atomic E-state index is 0.101. The van der Waals surface area contributed by atoms with Gasteiger partial charge in [-0.3, -0.25) is 4.79 Å². The fourth-order valence-electron chi connectivity index (χ4n) is 3.77. The zero-order valence-electron chi connectivity index (χ0n) is 14.6. The second kappa shape index (κ2) is 6.21. The van der Waals surface area contributed by atoms with Gasteiger partial charge in [0.15, 0.2) is 5.78 Å². The lowest BCUT2D eigenvalue weighted by atomic mass is 9.93. The molecular formula is C23H21NO. The van der Waals surface area contributed by atoms with E-state index in [2.05, 4.69) is 42.2 Å². The first-order valence-electron chi connectivity index (χ1n) is 8.83. The van der Waals surface area contributed by atoms with Crippen molar-refractivity contribution in [1.29, 1.82) is 0 Å². The lowest BCUT2D eigenvalue weighted by Crippen LogP contribution is -2.04. The van der Waals surface area contributed by atoms with E-state index in [-0.39, 0.29) is 5.78 Å². The van der Waals surface area contributed by atoms with Gasteiger partial charge in [0.25, 0.3) is 0 Å². The molecule has 1 aromatic heterocycles. The highest BCUT2D eigenvalue weighted by atomic mass is 16.1. The Kier molecular flexibility index (Phi) is 3.89. The van der Waals surface area contributed by atoms with Crippen LogP contribution in [0, 0.1) is 6.92 Å². The van der Waals surface area contributed by atoms with Crippen molar-refractivity contribution in [2.24, 2.45) is 0 Å². The molecule has 1 N–H and O–H groups in total. The van der Waals surface area contributed by atoms with Gasteiger partial charge in [0.05, 0.1) is 5.56 Å². The highest BCUT2D eigenvalue weighted by Crippen LogP contribution is 2.30. The smallest absolute Gasteiger partial charge is 0.196 e. The molecule has 2 nitrogen and oxygen atoms in total. The molecule has 0 aliphatic carbocycles. The van der Waals surface area contributed by atoms with E-state index in [1.807, 2.05) is 37.3 Å². The summed E-state index contributed by atoms with van der Waals surface area (Å²) >= 11 is 0. The molecule has 0 saturated carbocycles. The number of benzene rings is 3. The van der Waals surface area contributed by atoms with Crippen LogP contribution in [-0.4, -0.2) is 10.8 Å². The summed E-state index contributed by atoms with van der Waals surface area (Å²) in [7, 11) is 0.